The van der Waals surface area contributed by atoms with Gasteiger partial charge < -0.3 is 4.74 Å². The van der Waals surface area contributed by atoms with Crippen molar-refractivity contribution in [3.8, 4) is 22.6 Å². The summed E-state index contributed by atoms with van der Waals surface area (Å²) in [6, 6.07) is 18.1. The van der Waals surface area contributed by atoms with E-state index in [1.54, 1.807) is 50.2 Å². The molecule has 11 heteroatoms. The van der Waals surface area contributed by atoms with E-state index in [4.69, 9.17) is 4.74 Å². The Morgan fingerprint density at radius 2 is 1.71 bits per heavy atom. The lowest BCUT2D eigenvalue weighted by molar-refractivity contribution is -0.384. The number of nitro benzene ring substituents is 1. The molecule has 0 fully saturated rings. The van der Waals surface area contributed by atoms with Gasteiger partial charge in [0.05, 0.1) is 9.82 Å². The molecule has 192 valence electrons. The Balaban J connectivity index is 1.74. The van der Waals surface area contributed by atoms with E-state index in [1.807, 2.05) is 0 Å². The minimum absolute atomic E-state index is 0.0787. The van der Waals surface area contributed by atoms with Gasteiger partial charge in [-0.1, -0.05) is 34.1 Å². The molecule has 2 aromatic heterocycles. The molecule has 5 rings (SSSR count). The van der Waals surface area contributed by atoms with E-state index in [2.05, 4.69) is 20.9 Å². The number of rotatable bonds is 6. The molecule has 0 radical (unpaired) electrons. The molecule has 0 saturated heterocycles. The smallest absolute Gasteiger partial charge is 0.270 e. The van der Waals surface area contributed by atoms with E-state index in [9.17, 15) is 22.9 Å². The molecule has 0 amide bonds. The van der Waals surface area contributed by atoms with Gasteiger partial charge in [0.15, 0.2) is 17.2 Å². The Hall–Kier alpha value is -4.09. The van der Waals surface area contributed by atoms with Crippen molar-refractivity contribution in [2.45, 2.75) is 18.7 Å². The summed E-state index contributed by atoms with van der Waals surface area (Å²) in [6.45, 7) is 3.39. The molecule has 0 bridgehead atoms. The maximum Gasteiger partial charge on any atom is 0.270 e. The van der Waals surface area contributed by atoms with Gasteiger partial charge in [-0.3, -0.25) is 10.1 Å². The number of benzene rings is 3. The molecule has 0 aliphatic rings. The van der Waals surface area contributed by atoms with Crippen LogP contribution in [0.15, 0.2) is 88.4 Å². The number of ether oxygens (including phenoxy) is 1. The topological polar surface area (TPSA) is 104 Å². The van der Waals surface area contributed by atoms with Gasteiger partial charge in [-0.2, -0.15) is 0 Å². The van der Waals surface area contributed by atoms with Crippen molar-refractivity contribution in [1.82, 2.24) is 8.96 Å². The maximum absolute atomic E-state index is 14.6. The number of hydrogen-bond donors (Lipinski definition) is 0. The molecular formula is C27H19BrFN3O5S. The van der Waals surface area contributed by atoms with E-state index in [1.165, 1.54) is 42.6 Å². The first-order valence-electron chi connectivity index (χ1n) is 11.3. The van der Waals surface area contributed by atoms with Gasteiger partial charge in [0.25, 0.3) is 15.7 Å². The van der Waals surface area contributed by atoms with Crippen LogP contribution in [0.25, 0.3) is 22.2 Å². The third-order valence-corrected chi connectivity index (χ3v) is 8.28. The largest absolute Gasteiger partial charge is 0.454 e. The van der Waals surface area contributed by atoms with Crippen LogP contribution in [0.3, 0.4) is 0 Å². The zero-order chi connectivity index (χ0) is 27.2. The second kappa shape index (κ2) is 9.66. The number of pyridine rings is 1. The second-order valence-electron chi connectivity index (χ2n) is 8.54. The van der Waals surface area contributed by atoms with Crippen LogP contribution >= 0.6 is 15.9 Å². The van der Waals surface area contributed by atoms with Crippen LogP contribution in [0.2, 0.25) is 0 Å². The zero-order valence-corrected chi connectivity index (χ0v) is 22.5. The normalized spacial score (nSPS) is 11.6. The molecule has 2 heterocycles. The summed E-state index contributed by atoms with van der Waals surface area (Å²) in [4.78, 5) is 15.7. The lowest BCUT2D eigenvalue weighted by Crippen LogP contribution is -2.14. The fourth-order valence-electron chi connectivity index (χ4n) is 4.19. The number of aromatic nitrogens is 2. The summed E-state index contributed by atoms with van der Waals surface area (Å²) in [7, 11) is -4.00. The predicted octanol–water partition coefficient (Wildman–Crippen LogP) is 7.16. The van der Waals surface area contributed by atoms with Crippen LogP contribution in [0, 0.1) is 29.8 Å². The molecule has 8 nitrogen and oxygen atoms in total. The molecule has 5 aromatic rings. The van der Waals surface area contributed by atoms with Gasteiger partial charge in [-0.05, 0) is 67.4 Å². The first-order valence-corrected chi connectivity index (χ1v) is 13.5. The number of halogens is 2. The molecule has 3 aromatic carbocycles. The highest BCUT2D eigenvalue weighted by Gasteiger charge is 2.24. The van der Waals surface area contributed by atoms with Crippen molar-refractivity contribution in [3.05, 3.63) is 111 Å². The van der Waals surface area contributed by atoms with E-state index in [0.29, 0.717) is 26.7 Å². The van der Waals surface area contributed by atoms with Gasteiger partial charge in [0.2, 0.25) is 0 Å². The summed E-state index contributed by atoms with van der Waals surface area (Å²) in [5.74, 6) is -0.557. The molecule has 0 spiro atoms. The zero-order valence-electron chi connectivity index (χ0n) is 20.1. The van der Waals surface area contributed by atoms with Crippen molar-refractivity contribution in [3.63, 3.8) is 0 Å². The van der Waals surface area contributed by atoms with Gasteiger partial charge >= 0.3 is 0 Å². The van der Waals surface area contributed by atoms with Gasteiger partial charge in [-0.25, -0.2) is 21.8 Å². The van der Waals surface area contributed by atoms with Gasteiger partial charge in [0.1, 0.15) is 5.75 Å². The molecule has 0 aliphatic carbocycles. The van der Waals surface area contributed by atoms with Crippen molar-refractivity contribution in [1.29, 1.82) is 0 Å². The van der Waals surface area contributed by atoms with Crippen LogP contribution in [-0.4, -0.2) is 22.3 Å². The first-order chi connectivity index (χ1) is 18.1. The fraction of sp³-hybridized carbons (Fsp3) is 0.0741. The number of fused-ring (bicyclic) bond motifs is 1. The summed E-state index contributed by atoms with van der Waals surface area (Å²) < 4.78 is 49.2. The summed E-state index contributed by atoms with van der Waals surface area (Å²) in [6.07, 6.45) is 1.40. The molecule has 0 aliphatic heterocycles. The predicted molar refractivity (Wildman–Crippen MR) is 144 cm³/mol. The Labute approximate surface area is 225 Å². The lowest BCUT2D eigenvalue weighted by atomic mass is 10.0. The van der Waals surface area contributed by atoms with Crippen molar-refractivity contribution in [2.75, 3.05) is 0 Å². The number of nitro groups is 1. The minimum atomic E-state index is -4.00. The van der Waals surface area contributed by atoms with Crippen molar-refractivity contribution in [2.24, 2.45) is 0 Å². The highest BCUT2D eigenvalue weighted by atomic mass is 79.9. The van der Waals surface area contributed by atoms with Crippen LogP contribution in [0.1, 0.15) is 11.3 Å². The molecule has 0 N–H and O–H groups in total. The van der Waals surface area contributed by atoms with E-state index in [-0.39, 0.29) is 33.3 Å². The Bertz CT molecular complexity index is 1850. The molecule has 0 saturated carbocycles. The van der Waals surface area contributed by atoms with Gasteiger partial charge in [0, 0.05) is 39.4 Å². The Kier molecular flexibility index (Phi) is 6.49. The highest BCUT2D eigenvalue weighted by Crippen LogP contribution is 2.41. The average molecular weight is 596 g/mol. The summed E-state index contributed by atoms with van der Waals surface area (Å²) >= 11 is 3.20. The van der Waals surface area contributed by atoms with E-state index >= 15 is 0 Å². The number of nitrogens with zero attached hydrogens (tertiary/aromatic N) is 3. The fourth-order valence-corrected chi connectivity index (χ4v) is 6.05. The maximum atomic E-state index is 14.6. The van der Waals surface area contributed by atoms with Crippen LogP contribution in [0.5, 0.6) is 11.5 Å². The van der Waals surface area contributed by atoms with Crippen molar-refractivity contribution < 1.29 is 22.5 Å². The average Bonchev–Trinajstić information content (AvgIpc) is 3.30. The van der Waals surface area contributed by atoms with E-state index in [0.717, 1.165) is 3.97 Å². The number of aryl methyl sites for hydroxylation is 2. The SMILES string of the molecule is Cc1cc(-c2cc([N+](=O)[O-])ccc2Oc2ccc(Br)cc2F)c2ccn(S(=O)(=O)c3ccccc3C)c2n1. The first kappa shape index (κ1) is 25.6. The van der Waals surface area contributed by atoms with Crippen LogP contribution in [0.4, 0.5) is 10.1 Å². The Morgan fingerprint density at radius 1 is 0.974 bits per heavy atom. The minimum Gasteiger partial charge on any atom is -0.454 e. The summed E-state index contributed by atoms with van der Waals surface area (Å²) in [5.41, 5.74) is 1.71. The Morgan fingerprint density at radius 3 is 2.42 bits per heavy atom. The molecule has 38 heavy (non-hydrogen) atoms. The molecule has 0 atom stereocenters. The number of non-ortho nitro benzene ring substituents is 1. The van der Waals surface area contributed by atoms with Crippen LogP contribution in [-0.2, 0) is 10.0 Å². The molecule has 0 unspecified atom stereocenters. The lowest BCUT2D eigenvalue weighted by Gasteiger charge is -2.14. The third-order valence-electron chi connectivity index (χ3n) is 5.96. The van der Waals surface area contributed by atoms with E-state index < -0.39 is 20.8 Å². The van der Waals surface area contributed by atoms with Gasteiger partial charge in [-0.15, -0.1) is 0 Å². The highest BCUT2D eigenvalue weighted by molar-refractivity contribution is 9.10. The standard InChI is InChI=1S/C27H19BrFN3O5S/c1-16-5-3-4-6-26(16)38(35,36)31-12-11-20-21(13-17(2)30-27(20)31)22-15-19(32(33)34)8-10-24(22)37-25-9-7-18(28)14-23(25)29/h3-15H,1-2H3. The monoisotopic (exact) mass is 595 g/mol. The quantitative estimate of drug-likeness (QED) is 0.152. The molecular weight excluding hydrogens is 577 g/mol. The van der Waals surface area contributed by atoms with Crippen molar-refractivity contribution >= 4 is 42.7 Å². The van der Waals surface area contributed by atoms with Crippen LogP contribution < -0.4 is 4.74 Å². The summed E-state index contributed by atoms with van der Waals surface area (Å²) in [5, 5.41) is 12.0. The second-order valence-corrected chi connectivity index (χ2v) is 11.2. The number of hydrogen-bond acceptors (Lipinski definition) is 6. The third kappa shape index (κ3) is 4.54.